The fraction of sp³-hybridized carbons (Fsp3) is 0.579. The van der Waals surface area contributed by atoms with E-state index in [9.17, 15) is 14.6 Å². The molecule has 10 heteroatoms. The quantitative estimate of drug-likeness (QED) is 0.275. The number of nitrogens with zero attached hydrogens (tertiary/aromatic N) is 1. The number of anilines is 2. The number of esters is 1. The largest absolute Gasteiger partial charge is 0.460 e. The van der Waals surface area contributed by atoms with Gasteiger partial charge < -0.3 is 25.2 Å². The van der Waals surface area contributed by atoms with Gasteiger partial charge in [-0.1, -0.05) is 6.07 Å². The molecule has 1 aromatic rings. The fourth-order valence-electron chi connectivity index (χ4n) is 2.65. The number of rotatable bonds is 11. The Hall–Kier alpha value is -1.48. The van der Waals surface area contributed by atoms with Gasteiger partial charge in [-0.15, -0.1) is 23.2 Å². The van der Waals surface area contributed by atoms with Crippen LogP contribution in [0.1, 0.15) is 27.2 Å². The van der Waals surface area contributed by atoms with Crippen LogP contribution in [-0.4, -0.2) is 60.4 Å². The number of nitrogens with one attached hydrogen (secondary N) is 2. The second kappa shape index (κ2) is 12.3. The highest BCUT2D eigenvalue weighted by molar-refractivity contribution is 6.46. The molecule has 1 aromatic carbocycles. The first kappa shape index (κ1) is 25.6. The Morgan fingerprint density at radius 3 is 2.38 bits per heavy atom. The Balaban J connectivity index is 2.90. The normalized spacial score (nSPS) is 12.2. The minimum Gasteiger partial charge on any atom is -0.460 e. The summed E-state index contributed by atoms with van der Waals surface area (Å²) in [4.78, 5) is 26.9. The zero-order valence-corrected chi connectivity index (χ0v) is 18.9. The van der Waals surface area contributed by atoms with E-state index in [2.05, 4.69) is 10.5 Å². The van der Waals surface area contributed by atoms with Crippen molar-refractivity contribution in [3.8, 4) is 0 Å². The van der Waals surface area contributed by atoms with Crippen LogP contribution >= 0.6 is 23.2 Å². The molecule has 7 nitrogen and oxygen atoms in total. The number of amides is 1. The zero-order valence-electron chi connectivity index (χ0n) is 17.4. The smallest absolute Gasteiger partial charge is 0.374 e. The van der Waals surface area contributed by atoms with Crippen LogP contribution < -0.4 is 15.4 Å². The molecule has 0 aliphatic heterocycles. The predicted molar refractivity (Wildman–Crippen MR) is 120 cm³/mol. The second-order valence-corrected chi connectivity index (χ2v) is 8.35. The fourth-order valence-corrected chi connectivity index (χ4v) is 3.06. The van der Waals surface area contributed by atoms with Crippen LogP contribution in [0.25, 0.3) is 0 Å². The van der Waals surface area contributed by atoms with Crippen molar-refractivity contribution in [1.29, 1.82) is 0 Å². The van der Waals surface area contributed by atoms with Gasteiger partial charge >= 0.3 is 13.0 Å². The molecule has 0 radical (unpaired) electrons. The minimum atomic E-state index is -0.970. The molecule has 0 aliphatic rings. The minimum absolute atomic E-state index is 0.210. The van der Waals surface area contributed by atoms with Crippen molar-refractivity contribution < 1.29 is 19.3 Å². The molecule has 0 fully saturated rings. The maximum absolute atomic E-state index is 12.7. The third-order valence-corrected chi connectivity index (χ3v) is 4.08. The molecule has 1 rings (SSSR count). The molecule has 0 aliphatic carbocycles. The summed E-state index contributed by atoms with van der Waals surface area (Å²) in [6.07, 6.45) is -0.210. The summed E-state index contributed by atoms with van der Waals surface area (Å²) in [6, 6.07) is 6.32. The molecule has 0 saturated heterocycles. The van der Waals surface area contributed by atoms with Crippen LogP contribution in [0.5, 0.6) is 0 Å². The molecule has 0 heterocycles. The molecular formula is C19H30BCl2N3O4. The first-order valence-corrected chi connectivity index (χ1v) is 10.6. The summed E-state index contributed by atoms with van der Waals surface area (Å²) < 4.78 is 5.28. The van der Waals surface area contributed by atoms with Gasteiger partial charge in [-0.2, -0.15) is 0 Å². The monoisotopic (exact) mass is 445 g/mol. The van der Waals surface area contributed by atoms with Crippen LogP contribution in [0.15, 0.2) is 24.3 Å². The van der Waals surface area contributed by atoms with Gasteiger partial charge in [-0.25, -0.2) is 0 Å². The molecular weight excluding hydrogens is 416 g/mol. The molecule has 0 spiro atoms. The van der Waals surface area contributed by atoms with Crippen LogP contribution in [-0.2, 0) is 14.3 Å². The van der Waals surface area contributed by atoms with E-state index in [1.165, 1.54) is 6.82 Å². The number of benzene rings is 1. The van der Waals surface area contributed by atoms with Crippen molar-refractivity contribution in [3.05, 3.63) is 24.3 Å². The predicted octanol–water partition coefficient (Wildman–Crippen LogP) is 2.71. The summed E-state index contributed by atoms with van der Waals surface area (Å²) in [7, 11) is -0.970. The SMILES string of the molecule is CB(O)N[C@H](CC(=O)OC(C)(C)C)C(=O)Nc1cccc(N(CCCl)CCCl)c1. The van der Waals surface area contributed by atoms with Crippen molar-refractivity contribution in [1.82, 2.24) is 5.23 Å². The van der Waals surface area contributed by atoms with Crippen LogP contribution in [0.2, 0.25) is 6.82 Å². The van der Waals surface area contributed by atoms with E-state index in [0.717, 1.165) is 5.69 Å². The highest BCUT2D eigenvalue weighted by Gasteiger charge is 2.27. The lowest BCUT2D eigenvalue weighted by Gasteiger charge is -2.24. The average Bonchev–Trinajstić information content (AvgIpc) is 2.59. The molecule has 0 saturated carbocycles. The Labute approximate surface area is 183 Å². The Bertz CT molecular complexity index is 665. The lowest BCUT2D eigenvalue weighted by molar-refractivity contribution is -0.156. The second-order valence-electron chi connectivity index (χ2n) is 7.59. The van der Waals surface area contributed by atoms with E-state index in [4.69, 9.17) is 27.9 Å². The lowest BCUT2D eigenvalue weighted by Crippen LogP contribution is -2.48. The van der Waals surface area contributed by atoms with Gasteiger partial charge in [0.1, 0.15) is 5.60 Å². The summed E-state index contributed by atoms with van der Waals surface area (Å²) in [5.74, 6) is -0.0851. The van der Waals surface area contributed by atoms with E-state index in [1.54, 1.807) is 26.8 Å². The summed E-state index contributed by atoms with van der Waals surface area (Å²) in [5.41, 5.74) is 0.769. The van der Waals surface area contributed by atoms with Gasteiger partial charge in [0.05, 0.1) is 12.5 Å². The van der Waals surface area contributed by atoms with Gasteiger partial charge in [0.2, 0.25) is 5.91 Å². The maximum Gasteiger partial charge on any atom is 0.374 e. The molecule has 29 heavy (non-hydrogen) atoms. The highest BCUT2D eigenvalue weighted by Crippen LogP contribution is 2.20. The number of halogens is 2. The van der Waals surface area contributed by atoms with Gasteiger partial charge in [0.15, 0.2) is 0 Å². The van der Waals surface area contributed by atoms with Gasteiger partial charge in [0, 0.05) is 36.2 Å². The summed E-state index contributed by atoms with van der Waals surface area (Å²) in [6.45, 7) is 7.97. The van der Waals surface area contributed by atoms with Crippen LogP contribution in [0.4, 0.5) is 11.4 Å². The van der Waals surface area contributed by atoms with Crippen LogP contribution in [0, 0.1) is 0 Å². The highest BCUT2D eigenvalue weighted by atomic mass is 35.5. The first-order chi connectivity index (χ1) is 13.6. The zero-order chi connectivity index (χ0) is 22.0. The lowest BCUT2D eigenvalue weighted by atomic mass is 9.86. The van der Waals surface area contributed by atoms with Crippen molar-refractivity contribution in [2.24, 2.45) is 0 Å². The number of hydrogen-bond donors (Lipinski definition) is 3. The molecule has 3 N–H and O–H groups in total. The molecule has 1 amide bonds. The standard InChI is InChI=1S/C19H30BCl2N3O4/c1-19(2,3)29-17(26)13-16(24-20(4)28)18(27)23-14-6-5-7-15(12-14)25(10-8-21)11-9-22/h5-7,12,16,24,28H,8-11,13H2,1-4H3,(H,23,27)/t16-/m1/s1. The Morgan fingerprint density at radius 1 is 1.24 bits per heavy atom. The molecule has 1 atom stereocenters. The van der Waals surface area contributed by atoms with Gasteiger partial charge in [0.25, 0.3) is 0 Å². The topological polar surface area (TPSA) is 90.9 Å². The molecule has 162 valence electrons. The van der Waals surface area contributed by atoms with E-state index >= 15 is 0 Å². The third kappa shape index (κ3) is 10.2. The van der Waals surface area contributed by atoms with Crippen molar-refractivity contribution >= 4 is 53.5 Å². The van der Waals surface area contributed by atoms with Crippen molar-refractivity contribution in [2.75, 3.05) is 35.1 Å². The van der Waals surface area contributed by atoms with E-state index in [-0.39, 0.29) is 6.42 Å². The number of alkyl halides is 2. The number of hydrogen-bond acceptors (Lipinski definition) is 6. The number of ether oxygens (including phenoxy) is 1. The van der Waals surface area contributed by atoms with Crippen molar-refractivity contribution in [3.63, 3.8) is 0 Å². The Morgan fingerprint density at radius 2 is 1.86 bits per heavy atom. The maximum atomic E-state index is 12.7. The molecule has 0 unspecified atom stereocenters. The van der Waals surface area contributed by atoms with Gasteiger partial charge in [-0.3, -0.25) is 9.59 Å². The average molecular weight is 446 g/mol. The van der Waals surface area contributed by atoms with Crippen LogP contribution in [0.3, 0.4) is 0 Å². The molecule has 0 aromatic heterocycles. The summed E-state index contributed by atoms with van der Waals surface area (Å²) in [5, 5.41) is 15.1. The Kier molecular flexibility index (Phi) is 10.8. The van der Waals surface area contributed by atoms with Crippen molar-refractivity contribution in [2.45, 2.75) is 45.7 Å². The first-order valence-electron chi connectivity index (χ1n) is 9.49. The van der Waals surface area contributed by atoms with E-state index < -0.39 is 30.6 Å². The van der Waals surface area contributed by atoms with E-state index in [0.29, 0.717) is 30.5 Å². The van der Waals surface area contributed by atoms with E-state index in [1.807, 2.05) is 23.1 Å². The number of carbonyl (C=O) groups is 2. The summed E-state index contributed by atoms with van der Waals surface area (Å²) >= 11 is 11.7. The third-order valence-electron chi connectivity index (χ3n) is 3.74. The number of carbonyl (C=O) groups excluding carboxylic acids is 2. The molecule has 0 bridgehead atoms. The van der Waals surface area contributed by atoms with Gasteiger partial charge in [-0.05, 0) is 45.8 Å².